The van der Waals surface area contributed by atoms with Crippen LogP contribution in [0.15, 0.2) is 78.0 Å². The van der Waals surface area contributed by atoms with Crippen LogP contribution in [-0.4, -0.2) is 36.3 Å². The molecule has 0 fully saturated rings. The predicted octanol–water partition coefficient (Wildman–Crippen LogP) is 3.69. The van der Waals surface area contributed by atoms with Crippen molar-refractivity contribution in [2.45, 2.75) is 25.2 Å². The number of hydrogen-bond acceptors (Lipinski definition) is 3. The quantitative estimate of drug-likeness (QED) is 0.615. The summed E-state index contributed by atoms with van der Waals surface area (Å²) in [5, 5.41) is 2.82. The number of carbonyl (C=O) groups is 1. The molecule has 1 amide bonds. The van der Waals surface area contributed by atoms with E-state index in [1.54, 1.807) is 26.0 Å². The Labute approximate surface area is 171 Å². The molecule has 29 heavy (non-hydrogen) atoms. The van der Waals surface area contributed by atoms with Gasteiger partial charge in [0.25, 0.3) is 0 Å². The third-order valence-electron chi connectivity index (χ3n) is 4.68. The van der Waals surface area contributed by atoms with Crippen molar-refractivity contribution in [2.75, 3.05) is 18.4 Å². The molecule has 0 saturated carbocycles. The molecule has 0 atom stereocenters. The van der Waals surface area contributed by atoms with Gasteiger partial charge in [-0.3, -0.25) is 4.79 Å². The second-order valence-corrected chi connectivity index (χ2v) is 8.53. The molecule has 2 aromatic carbocycles. The van der Waals surface area contributed by atoms with Crippen LogP contribution in [0.3, 0.4) is 0 Å². The highest BCUT2D eigenvalue weighted by Gasteiger charge is 2.21. The highest BCUT2D eigenvalue weighted by atomic mass is 32.2. The molecule has 3 rings (SSSR count). The summed E-state index contributed by atoms with van der Waals surface area (Å²) in [7, 11) is -3.50. The number of nitrogens with one attached hydrogen (secondary N) is 1. The first-order valence-corrected chi connectivity index (χ1v) is 11.0. The van der Waals surface area contributed by atoms with E-state index in [-0.39, 0.29) is 17.2 Å². The standard InChI is InChI=1S/C22H25N3O3S/c1-3-25(4-2)29(27,28)21-13-9-19(10-14-21)23-22(26)17-18-7-11-20(12-8-18)24-15-5-6-16-24/h5-16H,3-4,17H2,1-2H3,(H,23,26). The summed E-state index contributed by atoms with van der Waals surface area (Å²) >= 11 is 0. The summed E-state index contributed by atoms with van der Waals surface area (Å²) in [4.78, 5) is 12.6. The van der Waals surface area contributed by atoms with Crippen molar-refractivity contribution in [3.05, 3.63) is 78.6 Å². The maximum atomic E-state index is 12.5. The topological polar surface area (TPSA) is 71.4 Å². The van der Waals surface area contributed by atoms with Crippen LogP contribution in [0.2, 0.25) is 0 Å². The first-order valence-electron chi connectivity index (χ1n) is 9.56. The monoisotopic (exact) mass is 411 g/mol. The van der Waals surface area contributed by atoms with Crippen LogP contribution in [0.4, 0.5) is 5.69 Å². The van der Waals surface area contributed by atoms with Gasteiger partial charge in [0, 0.05) is 36.9 Å². The number of rotatable bonds is 8. The van der Waals surface area contributed by atoms with E-state index >= 15 is 0 Å². The molecule has 0 saturated heterocycles. The van der Waals surface area contributed by atoms with Crippen LogP contribution in [0.1, 0.15) is 19.4 Å². The molecule has 1 aromatic heterocycles. The molecule has 152 valence electrons. The zero-order valence-electron chi connectivity index (χ0n) is 16.6. The van der Waals surface area contributed by atoms with Crippen LogP contribution in [0.5, 0.6) is 0 Å². The summed E-state index contributed by atoms with van der Waals surface area (Å²) < 4.78 is 28.4. The fraction of sp³-hybridized carbons (Fsp3) is 0.227. The first kappa shape index (κ1) is 20.8. The van der Waals surface area contributed by atoms with Crippen molar-refractivity contribution in [3.63, 3.8) is 0 Å². The van der Waals surface area contributed by atoms with E-state index in [4.69, 9.17) is 0 Å². The summed E-state index contributed by atoms with van der Waals surface area (Å²) in [6.07, 6.45) is 4.17. The van der Waals surface area contributed by atoms with Crippen molar-refractivity contribution < 1.29 is 13.2 Å². The molecule has 1 N–H and O–H groups in total. The van der Waals surface area contributed by atoms with Gasteiger partial charge in [0.05, 0.1) is 11.3 Å². The third kappa shape index (κ3) is 4.93. The number of amides is 1. The van der Waals surface area contributed by atoms with Gasteiger partial charge >= 0.3 is 0 Å². The first-order chi connectivity index (χ1) is 13.9. The Bertz CT molecular complexity index is 1040. The number of benzene rings is 2. The van der Waals surface area contributed by atoms with Crippen LogP contribution in [0, 0.1) is 0 Å². The van der Waals surface area contributed by atoms with E-state index in [9.17, 15) is 13.2 Å². The fourth-order valence-corrected chi connectivity index (χ4v) is 4.56. The maximum absolute atomic E-state index is 12.5. The molecule has 0 aliphatic carbocycles. The van der Waals surface area contributed by atoms with Crippen LogP contribution in [-0.2, 0) is 21.2 Å². The minimum Gasteiger partial charge on any atom is -0.326 e. The van der Waals surface area contributed by atoms with Gasteiger partial charge in [-0.1, -0.05) is 26.0 Å². The summed E-state index contributed by atoms with van der Waals surface area (Å²) in [6, 6.07) is 18.0. The Balaban J connectivity index is 1.62. The number of sulfonamides is 1. The van der Waals surface area contributed by atoms with E-state index < -0.39 is 10.0 Å². The molecule has 1 heterocycles. The molecule has 7 heteroatoms. The minimum absolute atomic E-state index is 0.155. The van der Waals surface area contributed by atoms with E-state index in [2.05, 4.69) is 5.32 Å². The smallest absolute Gasteiger partial charge is 0.243 e. The number of nitrogens with zero attached hydrogens (tertiary/aromatic N) is 2. The Hall–Kier alpha value is -2.90. The zero-order valence-corrected chi connectivity index (χ0v) is 17.4. The number of carbonyl (C=O) groups excluding carboxylic acids is 1. The molecular weight excluding hydrogens is 386 g/mol. The van der Waals surface area contributed by atoms with E-state index in [1.807, 2.05) is 53.4 Å². The van der Waals surface area contributed by atoms with Gasteiger partial charge in [0.2, 0.25) is 15.9 Å². The van der Waals surface area contributed by atoms with Crippen molar-refractivity contribution in [1.29, 1.82) is 0 Å². The lowest BCUT2D eigenvalue weighted by Gasteiger charge is -2.18. The van der Waals surface area contributed by atoms with Crippen LogP contribution >= 0.6 is 0 Å². The molecule has 0 radical (unpaired) electrons. The SMILES string of the molecule is CCN(CC)S(=O)(=O)c1ccc(NC(=O)Cc2ccc(-n3cccc3)cc2)cc1. The van der Waals surface area contributed by atoms with Gasteiger partial charge in [-0.15, -0.1) is 0 Å². The molecule has 0 spiro atoms. The van der Waals surface area contributed by atoms with Crippen molar-refractivity contribution in [2.24, 2.45) is 0 Å². The highest BCUT2D eigenvalue weighted by molar-refractivity contribution is 7.89. The Morgan fingerprint density at radius 2 is 1.52 bits per heavy atom. The highest BCUT2D eigenvalue weighted by Crippen LogP contribution is 2.18. The largest absolute Gasteiger partial charge is 0.326 e. The molecule has 0 unspecified atom stereocenters. The number of anilines is 1. The Morgan fingerprint density at radius 1 is 0.931 bits per heavy atom. The van der Waals surface area contributed by atoms with E-state index in [1.165, 1.54) is 16.4 Å². The molecular formula is C22H25N3O3S. The van der Waals surface area contributed by atoms with Gasteiger partial charge in [-0.25, -0.2) is 8.42 Å². The Morgan fingerprint density at radius 3 is 2.07 bits per heavy atom. The zero-order chi connectivity index (χ0) is 20.9. The molecule has 0 bridgehead atoms. The second-order valence-electron chi connectivity index (χ2n) is 6.60. The summed E-state index contributed by atoms with van der Waals surface area (Å²) in [5.41, 5.74) is 2.50. The van der Waals surface area contributed by atoms with Gasteiger partial charge in [-0.05, 0) is 54.1 Å². The summed E-state index contributed by atoms with van der Waals surface area (Å²) in [6.45, 7) is 4.45. The average molecular weight is 412 g/mol. The van der Waals surface area contributed by atoms with Gasteiger partial charge in [0.15, 0.2) is 0 Å². The van der Waals surface area contributed by atoms with Crippen molar-refractivity contribution in [3.8, 4) is 5.69 Å². The molecule has 3 aromatic rings. The minimum atomic E-state index is -3.50. The lowest BCUT2D eigenvalue weighted by atomic mass is 10.1. The molecule has 6 nitrogen and oxygen atoms in total. The van der Waals surface area contributed by atoms with Crippen LogP contribution < -0.4 is 5.32 Å². The number of aromatic nitrogens is 1. The van der Waals surface area contributed by atoms with Gasteiger partial charge in [0.1, 0.15) is 0 Å². The normalized spacial score (nSPS) is 11.6. The van der Waals surface area contributed by atoms with E-state index in [0.717, 1.165) is 11.3 Å². The maximum Gasteiger partial charge on any atom is 0.243 e. The van der Waals surface area contributed by atoms with E-state index in [0.29, 0.717) is 18.8 Å². The molecule has 0 aliphatic rings. The predicted molar refractivity (Wildman–Crippen MR) is 115 cm³/mol. The van der Waals surface area contributed by atoms with Crippen molar-refractivity contribution >= 4 is 21.6 Å². The average Bonchev–Trinajstić information content (AvgIpc) is 3.24. The second kappa shape index (κ2) is 9.07. The van der Waals surface area contributed by atoms with Gasteiger partial charge in [-0.2, -0.15) is 4.31 Å². The third-order valence-corrected chi connectivity index (χ3v) is 6.75. The lowest BCUT2D eigenvalue weighted by molar-refractivity contribution is -0.115. The van der Waals surface area contributed by atoms with Crippen molar-refractivity contribution in [1.82, 2.24) is 8.87 Å². The number of hydrogen-bond donors (Lipinski definition) is 1. The van der Waals surface area contributed by atoms with Crippen LogP contribution in [0.25, 0.3) is 5.69 Å². The Kier molecular flexibility index (Phi) is 6.51. The summed E-state index contributed by atoms with van der Waals surface area (Å²) in [5.74, 6) is -0.155. The lowest BCUT2D eigenvalue weighted by Crippen LogP contribution is -2.30. The van der Waals surface area contributed by atoms with Gasteiger partial charge < -0.3 is 9.88 Å². The fourth-order valence-electron chi connectivity index (χ4n) is 3.11. The molecule has 0 aliphatic heterocycles.